The summed E-state index contributed by atoms with van der Waals surface area (Å²) in [6, 6.07) is 21.5. The number of hydrogen-bond donors (Lipinski definition) is 1. The first kappa shape index (κ1) is 15.7. The van der Waals surface area contributed by atoms with E-state index in [1.165, 1.54) is 11.9 Å². The largest absolute Gasteiger partial charge is 0.294 e. The lowest BCUT2D eigenvalue weighted by atomic mass is 10.1. The molecule has 0 aliphatic rings. The van der Waals surface area contributed by atoms with Crippen LogP contribution in [0.5, 0.6) is 0 Å². The minimum Gasteiger partial charge on any atom is -0.294 e. The second-order valence-corrected chi connectivity index (χ2v) is 6.96. The summed E-state index contributed by atoms with van der Waals surface area (Å²) >= 11 is 1.42. The van der Waals surface area contributed by atoms with Crippen LogP contribution in [0.3, 0.4) is 0 Å². The topological polar surface area (TPSA) is 54.9 Å². The van der Waals surface area contributed by atoms with Gasteiger partial charge in [0.1, 0.15) is 5.03 Å². The van der Waals surface area contributed by atoms with Crippen LogP contribution in [-0.2, 0) is 10.8 Å². The van der Waals surface area contributed by atoms with Crippen LogP contribution >= 0.6 is 11.9 Å². The highest BCUT2D eigenvalue weighted by Crippen LogP contribution is 2.23. The van der Waals surface area contributed by atoms with Gasteiger partial charge in [-0.25, -0.2) is 9.97 Å². The number of hydrogen-bond acceptors (Lipinski definition) is 5. The van der Waals surface area contributed by atoms with E-state index in [0.717, 1.165) is 16.2 Å². The molecule has 2 aromatic carbocycles. The summed E-state index contributed by atoms with van der Waals surface area (Å²) in [6.07, 6.45) is 1.62. The molecule has 1 atom stereocenters. The van der Waals surface area contributed by atoms with Crippen LogP contribution in [-0.4, -0.2) is 20.4 Å². The minimum atomic E-state index is -1.17. The Morgan fingerprint density at radius 2 is 1.61 bits per heavy atom. The summed E-state index contributed by atoms with van der Waals surface area (Å²) in [5.74, 6) is 0.449. The molecule has 1 heterocycles. The zero-order valence-electron chi connectivity index (χ0n) is 12.5. The molecule has 1 unspecified atom stereocenters. The normalized spacial score (nSPS) is 11.9. The Hall–Kier alpha value is -2.18. The van der Waals surface area contributed by atoms with Gasteiger partial charge >= 0.3 is 0 Å². The number of rotatable bonds is 5. The van der Waals surface area contributed by atoms with E-state index < -0.39 is 10.8 Å². The molecule has 0 spiro atoms. The first-order valence-corrected chi connectivity index (χ1v) is 9.36. The lowest BCUT2D eigenvalue weighted by Crippen LogP contribution is -2.01. The SMILES string of the molecule is CS(=O)c1cc(-c2ccccc2)nc(NSc2ccccc2)n1. The first-order chi connectivity index (χ1) is 11.2. The van der Waals surface area contributed by atoms with Crippen LogP contribution in [0.2, 0.25) is 0 Å². The van der Waals surface area contributed by atoms with Gasteiger partial charge in [0.2, 0.25) is 5.95 Å². The Morgan fingerprint density at radius 1 is 0.957 bits per heavy atom. The summed E-state index contributed by atoms with van der Waals surface area (Å²) in [7, 11) is -1.17. The zero-order chi connectivity index (χ0) is 16.1. The van der Waals surface area contributed by atoms with E-state index in [1.54, 1.807) is 12.3 Å². The molecule has 116 valence electrons. The first-order valence-electron chi connectivity index (χ1n) is 6.98. The van der Waals surface area contributed by atoms with Crippen molar-refractivity contribution in [1.29, 1.82) is 0 Å². The molecule has 23 heavy (non-hydrogen) atoms. The summed E-state index contributed by atoms with van der Waals surface area (Å²) in [4.78, 5) is 9.91. The van der Waals surface area contributed by atoms with Gasteiger partial charge in [0.05, 0.1) is 16.5 Å². The van der Waals surface area contributed by atoms with Gasteiger partial charge in [-0.15, -0.1) is 0 Å². The number of aromatic nitrogens is 2. The molecule has 0 saturated heterocycles. The van der Waals surface area contributed by atoms with Gasteiger partial charge in [0.15, 0.2) is 0 Å². The highest BCUT2D eigenvalue weighted by molar-refractivity contribution is 8.00. The molecule has 6 heteroatoms. The van der Waals surface area contributed by atoms with E-state index in [9.17, 15) is 4.21 Å². The molecule has 0 bridgehead atoms. The van der Waals surface area contributed by atoms with Crippen molar-refractivity contribution < 1.29 is 4.21 Å². The molecule has 1 N–H and O–H groups in total. The van der Waals surface area contributed by atoms with Crippen molar-refractivity contribution in [3.8, 4) is 11.3 Å². The fraction of sp³-hybridized carbons (Fsp3) is 0.0588. The van der Waals surface area contributed by atoms with Crippen molar-refractivity contribution in [3.63, 3.8) is 0 Å². The average Bonchev–Trinajstić information content (AvgIpc) is 2.61. The van der Waals surface area contributed by atoms with Crippen LogP contribution in [0.25, 0.3) is 11.3 Å². The predicted octanol–water partition coefficient (Wildman–Crippen LogP) is 4.00. The summed E-state index contributed by atoms with van der Waals surface area (Å²) < 4.78 is 15.0. The lowest BCUT2D eigenvalue weighted by Gasteiger charge is -2.08. The monoisotopic (exact) mass is 341 g/mol. The van der Waals surface area contributed by atoms with E-state index in [-0.39, 0.29) is 0 Å². The Labute approximate surface area is 142 Å². The van der Waals surface area contributed by atoms with E-state index in [4.69, 9.17) is 0 Å². The summed E-state index contributed by atoms with van der Waals surface area (Å²) in [6.45, 7) is 0. The number of nitrogens with one attached hydrogen (secondary N) is 1. The second kappa shape index (κ2) is 7.39. The fourth-order valence-electron chi connectivity index (χ4n) is 1.97. The van der Waals surface area contributed by atoms with Crippen LogP contribution < -0.4 is 4.72 Å². The van der Waals surface area contributed by atoms with E-state index in [2.05, 4.69) is 14.7 Å². The molecule has 0 aliphatic heterocycles. The molecular formula is C17H15N3OS2. The maximum atomic E-state index is 11.8. The fourth-order valence-corrected chi connectivity index (χ4v) is 3.05. The lowest BCUT2D eigenvalue weighted by molar-refractivity contribution is 0.684. The van der Waals surface area contributed by atoms with Crippen LogP contribution in [0.1, 0.15) is 0 Å². The Bertz CT molecular complexity index is 811. The van der Waals surface area contributed by atoms with E-state index >= 15 is 0 Å². The van der Waals surface area contributed by atoms with Crippen molar-refractivity contribution in [2.45, 2.75) is 9.92 Å². The van der Waals surface area contributed by atoms with Crippen molar-refractivity contribution >= 4 is 28.7 Å². The average molecular weight is 341 g/mol. The van der Waals surface area contributed by atoms with Crippen molar-refractivity contribution in [3.05, 3.63) is 66.7 Å². The van der Waals surface area contributed by atoms with Gasteiger partial charge in [-0.1, -0.05) is 48.5 Å². The van der Waals surface area contributed by atoms with Crippen LogP contribution in [0.4, 0.5) is 5.95 Å². The molecule has 4 nitrogen and oxygen atoms in total. The third kappa shape index (κ3) is 4.18. The van der Waals surface area contributed by atoms with Gasteiger partial charge in [-0.3, -0.25) is 8.93 Å². The van der Waals surface area contributed by atoms with Gasteiger partial charge in [-0.2, -0.15) is 0 Å². The molecular weight excluding hydrogens is 326 g/mol. The van der Waals surface area contributed by atoms with E-state index in [1.807, 2.05) is 60.7 Å². The summed E-state index contributed by atoms with van der Waals surface area (Å²) in [5.41, 5.74) is 1.72. The second-order valence-electron chi connectivity index (χ2n) is 4.75. The smallest absolute Gasteiger partial charge is 0.234 e. The van der Waals surface area contributed by atoms with E-state index in [0.29, 0.717) is 11.0 Å². The molecule has 0 radical (unpaired) electrons. The zero-order valence-corrected chi connectivity index (χ0v) is 14.1. The number of nitrogens with zero attached hydrogens (tertiary/aromatic N) is 2. The molecule has 1 aromatic heterocycles. The van der Waals surface area contributed by atoms with Crippen molar-refractivity contribution in [1.82, 2.24) is 9.97 Å². The quantitative estimate of drug-likeness (QED) is 0.561. The predicted molar refractivity (Wildman–Crippen MR) is 95.7 cm³/mol. The maximum absolute atomic E-state index is 11.8. The summed E-state index contributed by atoms with van der Waals surface area (Å²) in [5, 5.41) is 0.509. The van der Waals surface area contributed by atoms with Gasteiger partial charge in [-0.05, 0) is 30.1 Å². The Balaban J connectivity index is 1.90. The van der Waals surface area contributed by atoms with Crippen LogP contribution in [0.15, 0.2) is 76.7 Å². The van der Waals surface area contributed by atoms with Crippen molar-refractivity contribution in [2.24, 2.45) is 0 Å². The molecule has 0 fully saturated rings. The highest BCUT2D eigenvalue weighted by atomic mass is 32.2. The van der Waals surface area contributed by atoms with Crippen LogP contribution in [0, 0.1) is 0 Å². The third-order valence-electron chi connectivity index (χ3n) is 3.07. The Morgan fingerprint density at radius 3 is 2.26 bits per heavy atom. The minimum absolute atomic E-state index is 0.449. The molecule has 0 saturated carbocycles. The highest BCUT2D eigenvalue weighted by Gasteiger charge is 2.09. The van der Waals surface area contributed by atoms with Gasteiger partial charge < -0.3 is 0 Å². The van der Waals surface area contributed by atoms with Crippen molar-refractivity contribution in [2.75, 3.05) is 11.0 Å². The molecule has 3 rings (SSSR count). The van der Waals surface area contributed by atoms with Gasteiger partial charge in [0.25, 0.3) is 0 Å². The number of benzene rings is 2. The molecule has 0 amide bonds. The maximum Gasteiger partial charge on any atom is 0.234 e. The molecule has 0 aliphatic carbocycles. The molecule has 3 aromatic rings. The third-order valence-corrected chi connectivity index (χ3v) is 4.66. The Kier molecular flexibility index (Phi) is 5.05. The number of anilines is 1. The van der Waals surface area contributed by atoms with Gasteiger partial charge in [0, 0.05) is 16.7 Å². The standard InChI is InChI=1S/C17H15N3OS2/c1-23(21)16-12-15(13-8-4-2-5-9-13)18-17(19-16)20-22-14-10-6-3-7-11-14/h2-12H,1H3,(H,18,19,20).